The number of hydrogen-bond acceptors (Lipinski definition) is 0. The molecule has 1 aromatic carbocycles. The zero-order chi connectivity index (χ0) is 8.55. The van der Waals surface area contributed by atoms with E-state index >= 15 is 0 Å². The number of rotatable bonds is 0. The summed E-state index contributed by atoms with van der Waals surface area (Å²) >= 11 is 0. The Hall–Kier alpha value is -1.04. The Morgan fingerprint density at radius 1 is 0.833 bits per heavy atom. The molecule has 0 bridgehead atoms. The van der Waals surface area contributed by atoms with Crippen LogP contribution in [0.5, 0.6) is 0 Å². The van der Waals surface area contributed by atoms with Crippen molar-refractivity contribution in [3.8, 4) is 0 Å². The van der Waals surface area contributed by atoms with Crippen molar-refractivity contribution in [1.82, 2.24) is 0 Å². The highest BCUT2D eigenvalue weighted by Crippen LogP contribution is 2.17. The SMILES string of the molecule is C=c1cc2c(cc1=C)CCCC2. The molecule has 0 saturated heterocycles. The second kappa shape index (κ2) is 2.78. The molecule has 1 aromatic rings. The van der Waals surface area contributed by atoms with Crippen LogP contribution in [0.2, 0.25) is 0 Å². The van der Waals surface area contributed by atoms with Crippen molar-refractivity contribution in [1.29, 1.82) is 0 Å². The zero-order valence-electron chi connectivity index (χ0n) is 7.40. The normalized spacial score (nSPS) is 15.7. The number of fused-ring (bicyclic) bond motifs is 1. The summed E-state index contributed by atoms with van der Waals surface area (Å²) in [4.78, 5) is 0. The standard InChI is InChI=1S/C12H14/c1-9-7-11-5-3-4-6-12(11)8-10(9)2/h7-8H,1-6H2. The summed E-state index contributed by atoms with van der Waals surface area (Å²) < 4.78 is 0. The van der Waals surface area contributed by atoms with Crippen LogP contribution in [0.15, 0.2) is 12.1 Å². The molecular formula is C12H14. The number of hydrogen-bond donors (Lipinski definition) is 0. The summed E-state index contributed by atoms with van der Waals surface area (Å²) in [5.74, 6) is 0. The van der Waals surface area contributed by atoms with Gasteiger partial charge in [-0.05, 0) is 47.2 Å². The molecule has 0 heteroatoms. The molecule has 1 aliphatic carbocycles. The predicted molar refractivity (Wildman–Crippen MR) is 53.4 cm³/mol. The van der Waals surface area contributed by atoms with Gasteiger partial charge in [0.1, 0.15) is 0 Å². The second-order valence-electron chi connectivity index (χ2n) is 3.60. The van der Waals surface area contributed by atoms with E-state index < -0.39 is 0 Å². The van der Waals surface area contributed by atoms with Gasteiger partial charge in [0.2, 0.25) is 0 Å². The van der Waals surface area contributed by atoms with Crippen molar-refractivity contribution in [2.24, 2.45) is 0 Å². The quantitative estimate of drug-likeness (QED) is 0.535. The maximum Gasteiger partial charge on any atom is -0.0259 e. The van der Waals surface area contributed by atoms with Crippen LogP contribution >= 0.6 is 0 Å². The molecule has 62 valence electrons. The molecule has 2 rings (SSSR count). The summed E-state index contributed by atoms with van der Waals surface area (Å²) in [5, 5.41) is 2.19. The average molecular weight is 158 g/mol. The lowest BCUT2D eigenvalue weighted by molar-refractivity contribution is 0.684. The Kier molecular flexibility index (Phi) is 1.76. The Labute approximate surface area is 73.2 Å². The van der Waals surface area contributed by atoms with Crippen molar-refractivity contribution in [3.63, 3.8) is 0 Å². The van der Waals surface area contributed by atoms with Crippen molar-refractivity contribution in [2.45, 2.75) is 25.7 Å². The highest BCUT2D eigenvalue weighted by atomic mass is 14.1. The van der Waals surface area contributed by atoms with Crippen LogP contribution in [-0.4, -0.2) is 0 Å². The van der Waals surface area contributed by atoms with Gasteiger partial charge in [0.15, 0.2) is 0 Å². The Bertz CT molecular complexity index is 348. The van der Waals surface area contributed by atoms with Crippen LogP contribution < -0.4 is 10.4 Å². The van der Waals surface area contributed by atoms with E-state index in [-0.39, 0.29) is 0 Å². The van der Waals surface area contributed by atoms with Crippen LogP contribution in [0, 0.1) is 0 Å². The largest absolute Gasteiger partial charge is 0.0912 e. The molecule has 0 atom stereocenters. The molecule has 0 amide bonds. The lowest BCUT2D eigenvalue weighted by atomic mass is 9.91. The average Bonchev–Trinajstić information content (AvgIpc) is 2.07. The van der Waals surface area contributed by atoms with E-state index in [1.165, 1.54) is 36.8 Å². The highest BCUT2D eigenvalue weighted by Gasteiger charge is 2.07. The molecule has 0 nitrogen and oxygen atoms in total. The fourth-order valence-electron chi connectivity index (χ4n) is 1.89. The predicted octanol–water partition coefficient (Wildman–Crippen LogP) is 1.39. The van der Waals surface area contributed by atoms with Crippen LogP contribution in [-0.2, 0) is 12.8 Å². The van der Waals surface area contributed by atoms with Crippen LogP contribution in [0.25, 0.3) is 13.2 Å². The van der Waals surface area contributed by atoms with Gasteiger partial charge >= 0.3 is 0 Å². The first-order valence-corrected chi connectivity index (χ1v) is 4.57. The van der Waals surface area contributed by atoms with Gasteiger partial charge in [-0.25, -0.2) is 0 Å². The molecule has 0 spiro atoms. The minimum Gasteiger partial charge on any atom is -0.0912 e. The lowest BCUT2D eigenvalue weighted by Gasteiger charge is -2.14. The van der Waals surface area contributed by atoms with E-state index in [1.807, 2.05) is 0 Å². The van der Waals surface area contributed by atoms with Crippen molar-refractivity contribution in [2.75, 3.05) is 0 Å². The van der Waals surface area contributed by atoms with Crippen molar-refractivity contribution < 1.29 is 0 Å². The molecule has 0 aromatic heterocycles. The lowest BCUT2D eigenvalue weighted by Crippen LogP contribution is -2.24. The van der Waals surface area contributed by atoms with Gasteiger partial charge in [0.25, 0.3) is 0 Å². The first-order valence-electron chi connectivity index (χ1n) is 4.57. The molecule has 0 heterocycles. The molecule has 0 N–H and O–H groups in total. The number of aryl methyl sites for hydroxylation is 2. The van der Waals surface area contributed by atoms with E-state index in [1.54, 1.807) is 0 Å². The summed E-state index contributed by atoms with van der Waals surface area (Å²) in [6.45, 7) is 7.93. The van der Waals surface area contributed by atoms with E-state index in [9.17, 15) is 0 Å². The second-order valence-corrected chi connectivity index (χ2v) is 3.60. The third kappa shape index (κ3) is 1.18. The van der Waals surface area contributed by atoms with E-state index in [4.69, 9.17) is 0 Å². The molecule has 12 heavy (non-hydrogen) atoms. The molecule has 0 radical (unpaired) electrons. The first-order chi connectivity index (χ1) is 5.77. The third-order valence-corrected chi connectivity index (χ3v) is 2.66. The molecule has 1 aliphatic rings. The summed E-state index contributed by atoms with van der Waals surface area (Å²) in [6.07, 6.45) is 5.14. The van der Waals surface area contributed by atoms with Gasteiger partial charge < -0.3 is 0 Å². The highest BCUT2D eigenvalue weighted by molar-refractivity contribution is 5.32. The monoisotopic (exact) mass is 158 g/mol. The van der Waals surface area contributed by atoms with E-state index in [2.05, 4.69) is 25.3 Å². The van der Waals surface area contributed by atoms with Gasteiger partial charge in [0, 0.05) is 0 Å². The third-order valence-electron chi connectivity index (χ3n) is 2.66. The van der Waals surface area contributed by atoms with Gasteiger partial charge in [-0.1, -0.05) is 25.3 Å². The van der Waals surface area contributed by atoms with Gasteiger partial charge in [0.05, 0.1) is 0 Å². The molecular weight excluding hydrogens is 144 g/mol. The maximum atomic E-state index is 3.97. The van der Waals surface area contributed by atoms with Gasteiger partial charge in [-0.2, -0.15) is 0 Å². The summed E-state index contributed by atoms with van der Waals surface area (Å²) in [7, 11) is 0. The molecule has 0 aliphatic heterocycles. The fraction of sp³-hybridized carbons (Fsp3) is 0.333. The minimum absolute atomic E-state index is 1.09. The molecule has 0 unspecified atom stereocenters. The van der Waals surface area contributed by atoms with Crippen LogP contribution in [0.4, 0.5) is 0 Å². The van der Waals surface area contributed by atoms with Crippen LogP contribution in [0.3, 0.4) is 0 Å². The van der Waals surface area contributed by atoms with Gasteiger partial charge in [-0.3, -0.25) is 0 Å². The van der Waals surface area contributed by atoms with Crippen LogP contribution in [0.1, 0.15) is 24.0 Å². The topological polar surface area (TPSA) is 0 Å². The summed E-state index contributed by atoms with van der Waals surface area (Å²) in [6, 6.07) is 4.41. The van der Waals surface area contributed by atoms with E-state index in [0.29, 0.717) is 0 Å². The smallest absolute Gasteiger partial charge is 0.0259 e. The fourth-order valence-corrected chi connectivity index (χ4v) is 1.89. The van der Waals surface area contributed by atoms with Crippen molar-refractivity contribution in [3.05, 3.63) is 33.7 Å². The Morgan fingerprint density at radius 2 is 1.25 bits per heavy atom. The number of benzene rings is 1. The molecule has 0 fully saturated rings. The minimum atomic E-state index is 1.09. The van der Waals surface area contributed by atoms with Crippen molar-refractivity contribution >= 4 is 13.2 Å². The van der Waals surface area contributed by atoms with Gasteiger partial charge in [-0.15, -0.1) is 0 Å². The van der Waals surface area contributed by atoms with E-state index in [0.717, 1.165) is 10.4 Å². The maximum absolute atomic E-state index is 3.97. The zero-order valence-corrected chi connectivity index (χ0v) is 7.40. The molecule has 0 saturated carbocycles. The first kappa shape index (κ1) is 7.60. The Balaban J connectivity index is 2.64. The Morgan fingerprint density at radius 3 is 1.67 bits per heavy atom. The summed E-state index contributed by atoms with van der Waals surface area (Å²) in [5.41, 5.74) is 3.00.